The lowest BCUT2D eigenvalue weighted by Gasteiger charge is -2.16. The van der Waals surface area contributed by atoms with E-state index in [4.69, 9.17) is 9.15 Å². The first-order chi connectivity index (χ1) is 19.8. The molecule has 0 radical (unpaired) electrons. The Bertz CT molecular complexity index is 1740. The molecule has 2 N–H and O–H groups in total. The average molecular weight is 551 g/mol. The molecule has 5 aromatic rings. The molecule has 6 nitrogen and oxygen atoms in total. The van der Waals surface area contributed by atoms with Crippen LogP contribution in [0.15, 0.2) is 89.3 Å². The van der Waals surface area contributed by atoms with Crippen molar-refractivity contribution in [2.24, 2.45) is 5.92 Å². The minimum atomic E-state index is -0.376. The van der Waals surface area contributed by atoms with Crippen LogP contribution in [0, 0.1) is 11.7 Å². The Morgan fingerprint density at radius 2 is 1.54 bits per heavy atom. The fraction of sp³-hybridized carbons (Fsp3) is 0.176. The Labute approximate surface area is 238 Å². The predicted molar refractivity (Wildman–Crippen MR) is 160 cm³/mol. The minimum absolute atomic E-state index is 0.185. The van der Waals surface area contributed by atoms with Crippen LogP contribution in [0.2, 0.25) is 0 Å². The molecule has 1 heterocycles. The number of amides is 2. The summed E-state index contributed by atoms with van der Waals surface area (Å²) in [6.45, 7) is 4.63. The summed E-state index contributed by atoms with van der Waals surface area (Å²) in [6.07, 6.45) is 0. The number of methoxy groups -OCH3 is 1. The monoisotopic (exact) mass is 550 g/mol. The summed E-state index contributed by atoms with van der Waals surface area (Å²) in [4.78, 5) is 26.5. The molecular formula is C34H31FN2O4. The Balaban J connectivity index is 1.66. The zero-order valence-corrected chi connectivity index (χ0v) is 23.4. The number of nitrogens with one attached hydrogen (secondary N) is 2. The molecule has 0 aliphatic rings. The number of rotatable bonds is 8. The van der Waals surface area contributed by atoms with Crippen molar-refractivity contribution >= 4 is 22.8 Å². The normalized spacial score (nSPS) is 11.1. The lowest BCUT2D eigenvalue weighted by molar-refractivity contribution is 0.0946. The molecule has 0 saturated carbocycles. The highest BCUT2D eigenvalue weighted by atomic mass is 19.1. The van der Waals surface area contributed by atoms with Gasteiger partial charge in [0.25, 0.3) is 11.8 Å². The minimum Gasteiger partial charge on any atom is -0.496 e. The van der Waals surface area contributed by atoms with Crippen molar-refractivity contribution in [1.29, 1.82) is 0 Å². The van der Waals surface area contributed by atoms with Gasteiger partial charge in [-0.2, -0.15) is 0 Å². The first-order valence-corrected chi connectivity index (χ1v) is 13.4. The van der Waals surface area contributed by atoms with E-state index in [2.05, 4.69) is 10.6 Å². The molecule has 0 aliphatic carbocycles. The van der Waals surface area contributed by atoms with Gasteiger partial charge in [0.2, 0.25) is 0 Å². The Morgan fingerprint density at radius 1 is 0.854 bits per heavy atom. The maximum Gasteiger partial charge on any atom is 0.255 e. The summed E-state index contributed by atoms with van der Waals surface area (Å²) in [5.74, 6) is 0.437. The molecule has 0 atom stereocenters. The van der Waals surface area contributed by atoms with Crippen molar-refractivity contribution in [3.05, 3.63) is 102 Å². The van der Waals surface area contributed by atoms with E-state index in [-0.39, 0.29) is 17.6 Å². The molecule has 7 heteroatoms. The molecule has 5 rings (SSSR count). The second kappa shape index (κ2) is 11.7. The molecular weight excluding hydrogens is 519 g/mol. The average Bonchev–Trinajstić information content (AvgIpc) is 3.38. The fourth-order valence-electron chi connectivity index (χ4n) is 4.84. The van der Waals surface area contributed by atoms with Gasteiger partial charge in [0.05, 0.1) is 12.7 Å². The molecule has 0 spiro atoms. The van der Waals surface area contributed by atoms with E-state index in [1.807, 2.05) is 68.4 Å². The van der Waals surface area contributed by atoms with Gasteiger partial charge < -0.3 is 19.8 Å². The fourth-order valence-corrected chi connectivity index (χ4v) is 4.84. The van der Waals surface area contributed by atoms with E-state index < -0.39 is 0 Å². The smallest absolute Gasteiger partial charge is 0.255 e. The summed E-state index contributed by atoms with van der Waals surface area (Å²) in [6, 6.07) is 24.7. The van der Waals surface area contributed by atoms with Crippen molar-refractivity contribution in [2.75, 3.05) is 20.7 Å². The maximum atomic E-state index is 13.6. The van der Waals surface area contributed by atoms with E-state index >= 15 is 0 Å². The van der Waals surface area contributed by atoms with E-state index in [0.717, 1.165) is 22.3 Å². The van der Waals surface area contributed by atoms with Crippen LogP contribution in [0.5, 0.6) is 5.75 Å². The number of halogens is 1. The highest BCUT2D eigenvalue weighted by Gasteiger charge is 2.23. The topological polar surface area (TPSA) is 80.6 Å². The molecule has 1 aromatic heterocycles. The molecule has 2 amide bonds. The van der Waals surface area contributed by atoms with Gasteiger partial charge in [-0.05, 0) is 71.1 Å². The molecule has 0 bridgehead atoms. The summed E-state index contributed by atoms with van der Waals surface area (Å²) in [5, 5.41) is 6.33. The first kappa shape index (κ1) is 27.6. The van der Waals surface area contributed by atoms with Crippen LogP contribution in [-0.2, 0) is 0 Å². The zero-order chi connectivity index (χ0) is 29.1. The highest BCUT2D eigenvalue weighted by molar-refractivity contribution is 6.12. The van der Waals surface area contributed by atoms with E-state index in [0.29, 0.717) is 51.6 Å². The SMILES string of the molecule is CNC(=O)c1c(-c2ccc(F)cc2)oc2ccc(-c3ccc(-c4ccccc4OC)c(C(=O)NCC(C)C)c3)cc12. The first-order valence-electron chi connectivity index (χ1n) is 13.4. The molecule has 208 valence electrons. The molecule has 0 unspecified atom stereocenters. The van der Waals surface area contributed by atoms with E-state index in [9.17, 15) is 14.0 Å². The third-order valence-electron chi connectivity index (χ3n) is 6.91. The van der Waals surface area contributed by atoms with Crippen molar-refractivity contribution < 1.29 is 23.1 Å². The van der Waals surface area contributed by atoms with Crippen molar-refractivity contribution in [2.45, 2.75) is 13.8 Å². The maximum absolute atomic E-state index is 13.6. The van der Waals surface area contributed by atoms with Gasteiger partial charge in [0, 0.05) is 35.7 Å². The quantitative estimate of drug-likeness (QED) is 0.212. The number of furan rings is 1. The zero-order valence-electron chi connectivity index (χ0n) is 23.4. The largest absolute Gasteiger partial charge is 0.496 e. The second-order valence-electron chi connectivity index (χ2n) is 10.2. The van der Waals surface area contributed by atoms with Crippen LogP contribution in [-0.4, -0.2) is 32.5 Å². The number of para-hydroxylation sites is 1. The van der Waals surface area contributed by atoms with Gasteiger partial charge >= 0.3 is 0 Å². The summed E-state index contributed by atoms with van der Waals surface area (Å²) >= 11 is 0. The van der Waals surface area contributed by atoms with Crippen molar-refractivity contribution in [1.82, 2.24) is 10.6 Å². The van der Waals surface area contributed by atoms with Crippen LogP contribution in [0.1, 0.15) is 34.6 Å². The van der Waals surface area contributed by atoms with Gasteiger partial charge in [-0.3, -0.25) is 9.59 Å². The number of benzene rings is 4. The third kappa shape index (κ3) is 5.57. The lowest BCUT2D eigenvalue weighted by atomic mass is 9.93. The third-order valence-corrected chi connectivity index (χ3v) is 6.91. The van der Waals surface area contributed by atoms with E-state index in [1.165, 1.54) is 12.1 Å². The molecule has 0 aliphatic heterocycles. The number of hydrogen-bond donors (Lipinski definition) is 2. The number of carbonyl (C=O) groups excluding carboxylic acids is 2. The van der Waals surface area contributed by atoms with Crippen LogP contribution < -0.4 is 15.4 Å². The number of ether oxygens (including phenoxy) is 1. The molecule has 0 fully saturated rings. The van der Waals surface area contributed by atoms with Crippen LogP contribution in [0.25, 0.3) is 44.5 Å². The van der Waals surface area contributed by atoms with Gasteiger partial charge in [-0.15, -0.1) is 0 Å². The summed E-state index contributed by atoms with van der Waals surface area (Å²) in [7, 11) is 3.16. The standard InChI is InChI=1S/C34H31FN2O4/c1-20(2)19-37-33(38)27-17-22(11-15-25(27)26-7-5-6-8-29(26)40-4)23-12-16-30-28(18-23)31(34(39)36-3)32(41-30)21-9-13-24(35)14-10-21/h5-18,20H,19H2,1-4H3,(H,36,39)(H,37,38). The summed E-state index contributed by atoms with van der Waals surface area (Å²) < 4.78 is 25.3. The lowest BCUT2D eigenvalue weighted by Crippen LogP contribution is -2.27. The second-order valence-corrected chi connectivity index (χ2v) is 10.2. The van der Waals surface area contributed by atoms with Gasteiger partial charge in [-0.1, -0.05) is 50.2 Å². The highest BCUT2D eigenvalue weighted by Crippen LogP contribution is 2.38. The van der Waals surface area contributed by atoms with Gasteiger partial charge in [0.15, 0.2) is 0 Å². The molecule has 4 aromatic carbocycles. The Kier molecular flexibility index (Phi) is 7.88. The van der Waals surface area contributed by atoms with Crippen molar-refractivity contribution in [3.8, 4) is 39.3 Å². The molecule has 41 heavy (non-hydrogen) atoms. The van der Waals surface area contributed by atoms with Crippen molar-refractivity contribution in [3.63, 3.8) is 0 Å². The predicted octanol–water partition coefficient (Wildman–Crippen LogP) is 7.33. The number of carbonyl (C=O) groups is 2. The van der Waals surface area contributed by atoms with Gasteiger partial charge in [-0.25, -0.2) is 4.39 Å². The van der Waals surface area contributed by atoms with Gasteiger partial charge in [0.1, 0.15) is 22.9 Å². The summed E-state index contributed by atoms with van der Waals surface area (Å²) in [5.41, 5.74) is 5.15. The van der Waals surface area contributed by atoms with E-state index in [1.54, 1.807) is 32.4 Å². The molecule has 0 saturated heterocycles. The van der Waals surface area contributed by atoms with Crippen LogP contribution >= 0.6 is 0 Å². The Morgan fingerprint density at radius 3 is 2.24 bits per heavy atom. The van der Waals surface area contributed by atoms with Crippen LogP contribution in [0.4, 0.5) is 4.39 Å². The Hall–Kier alpha value is -4.91. The van der Waals surface area contributed by atoms with Crippen LogP contribution in [0.3, 0.4) is 0 Å². The number of fused-ring (bicyclic) bond motifs is 1. The number of hydrogen-bond acceptors (Lipinski definition) is 4.